The number of cyclic esters (lactones) is 1. The Hall–Kier alpha value is -2.97. The van der Waals surface area contributed by atoms with E-state index in [1.165, 1.54) is 0 Å². The van der Waals surface area contributed by atoms with E-state index in [1.54, 1.807) is 27.4 Å². The number of aliphatic hydroxyl groups excluding tert-OH is 1. The van der Waals surface area contributed by atoms with Crippen LogP contribution in [0.15, 0.2) is 24.3 Å². The molecule has 2 aromatic rings. The van der Waals surface area contributed by atoms with Crippen LogP contribution in [-0.2, 0) is 21.0 Å². The average molecular weight is 414 g/mol. The number of rotatable bonds is 4. The quantitative estimate of drug-likeness (QED) is 0.603. The lowest BCUT2D eigenvalue weighted by atomic mass is 9.66. The highest BCUT2D eigenvalue weighted by Gasteiger charge is 2.52. The molecule has 0 saturated carbocycles. The van der Waals surface area contributed by atoms with Crippen LogP contribution in [0.25, 0.3) is 0 Å². The number of carbonyl (C=O) groups is 1. The van der Waals surface area contributed by atoms with Crippen molar-refractivity contribution in [1.82, 2.24) is 0 Å². The van der Waals surface area contributed by atoms with Gasteiger partial charge in [0.2, 0.25) is 5.75 Å². The Bertz CT molecular complexity index is 991. The van der Waals surface area contributed by atoms with E-state index in [9.17, 15) is 9.90 Å². The highest BCUT2D eigenvalue weighted by atomic mass is 17.2. The first-order valence-electron chi connectivity index (χ1n) is 9.68. The van der Waals surface area contributed by atoms with Crippen molar-refractivity contribution in [2.45, 2.75) is 18.6 Å². The third kappa shape index (κ3) is 2.64. The van der Waals surface area contributed by atoms with Gasteiger partial charge in [0.25, 0.3) is 0 Å². The van der Waals surface area contributed by atoms with E-state index in [2.05, 4.69) is 0 Å². The maximum Gasteiger partial charge on any atom is 0.310 e. The molecule has 2 heterocycles. The standard InChI is InChI=1S/C22H22O8/c1-25-16-5-10(6-17(26-2)21(16)27-3)18-12-4-11-8-29-30-15(11)7-13(12)20(23)14-9-28-22(24)19(14)18/h4-7,14,18-20,23H,8-9H2,1-3H3/t14-,18+,19-,20-/m0/s1. The maximum absolute atomic E-state index is 12.7. The summed E-state index contributed by atoms with van der Waals surface area (Å²) in [6.07, 6.45) is -0.843. The van der Waals surface area contributed by atoms with Crippen molar-refractivity contribution in [3.05, 3.63) is 46.5 Å². The smallest absolute Gasteiger partial charge is 0.310 e. The van der Waals surface area contributed by atoms with Crippen LogP contribution in [0.4, 0.5) is 0 Å². The van der Waals surface area contributed by atoms with Crippen molar-refractivity contribution in [3.8, 4) is 23.0 Å². The molecule has 5 rings (SSSR count). The molecular weight excluding hydrogens is 392 g/mol. The van der Waals surface area contributed by atoms with E-state index in [0.717, 1.165) is 16.7 Å². The molecule has 8 heteroatoms. The lowest BCUT2D eigenvalue weighted by Crippen LogP contribution is -2.34. The van der Waals surface area contributed by atoms with E-state index in [1.807, 2.05) is 18.2 Å². The molecule has 2 aliphatic heterocycles. The number of hydrogen-bond acceptors (Lipinski definition) is 8. The van der Waals surface area contributed by atoms with Gasteiger partial charge in [0, 0.05) is 17.4 Å². The van der Waals surface area contributed by atoms with Crippen LogP contribution in [0.1, 0.15) is 34.3 Å². The van der Waals surface area contributed by atoms with Crippen molar-refractivity contribution >= 4 is 5.97 Å². The third-order valence-corrected chi connectivity index (χ3v) is 6.25. The van der Waals surface area contributed by atoms with Gasteiger partial charge in [0.05, 0.1) is 40.0 Å². The molecular formula is C22H22O8. The Labute approximate surface area is 173 Å². The average Bonchev–Trinajstić information content (AvgIpc) is 3.38. The van der Waals surface area contributed by atoms with Gasteiger partial charge >= 0.3 is 5.97 Å². The summed E-state index contributed by atoms with van der Waals surface area (Å²) in [5.74, 6) is 0.470. The van der Waals surface area contributed by atoms with Crippen molar-refractivity contribution in [2.75, 3.05) is 27.9 Å². The summed E-state index contributed by atoms with van der Waals surface area (Å²) in [4.78, 5) is 23.1. The second-order valence-electron chi connectivity index (χ2n) is 7.64. The third-order valence-electron chi connectivity index (χ3n) is 6.25. The maximum atomic E-state index is 12.7. The van der Waals surface area contributed by atoms with Crippen LogP contribution in [0.2, 0.25) is 0 Å². The first-order chi connectivity index (χ1) is 14.6. The monoisotopic (exact) mass is 414 g/mol. The van der Waals surface area contributed by atoms with E-state index < -0.39 is 12.0 Å². The Balaban J connectivity index is 1.74. The van der Waals surface area contributed by atoms with E-state index in [-0.39, 0.29) is 24.4 Å². The van der Waals surface area contributed by atoms with Gasteiger partial charge in [-0.1, -0.05) is 0 Å². The fraction of sp³-hybridized carbons (Fsp3) is 0.409. The topological polar surface area (TPSA) is 92.7 Å². The Morgan fingerprint density at radius 2 is 1.73 bits per heavy atom. The molecule has 0 aromatic heterocycles. The Kier molecular flexibility index (Phi) is 4.48. The lowest BCUT2D eigenvalue weighted by Gasteiger charge is -2.37. The molecule has 8 nitrogen and oxygen atoms in total. The molecule has 0 spiro atoms. The number of aliphatic hydroxyl groups is 1. The molecule has 0 unspecified atom stereocenters. The molecule has 158 valence electrons. The molecule has 2 aromatic carbocycles. The number of benzene rings is 2. The van der Waals surface area contributed by atoms with Gasteiger partial charge in [-0.2, -0.15) is 4.89 Å². The number of carbonyl (C=O) groups excluding carboxylic acids is 1. The molecule has 0 amide bonds. The number of hydrogen-bond donors (Lipinski definition) is 1. The predicted octanol–water partition coefficient (Wildman–Crippen LogP) is 2.50. The summed E-state index contributed by atoms with van der Waals surface area (Å²) in [6.45, 7) is 0.471. The predicted molar refractivity (Wildman–Crippen MR) is 103 cm³/mol. The molecule has 30 heavy (non-hydrogen) atoms. The first-order valence-corrected chi connectivity index (χ1v) is 9.68. The van der Waals surface area contributed by atoms with E-state index >= 15 is 0 Å². The number of methoxy groups -OCH3 is 3. The Morgan fingerprint density at radius 1 is 1.00 bits per heavy atom. The van der Waals surface area contributed by atoms with Crippen LogP contribution in [0.5, 0.6) is 23.0 Å². The second-order valence-corrected chi connectivity index (χ2v) is 7.64. The van der Waals surface area contributed by atoms with Gasteiger partial charge in [-0.15, -0.1) is 0 Å². The minimum atomic E-state index is -0.843. The normalized spacial score (nSPS) is 26.2. The van der Waals surface area contributed by atoms with E-state index in [0.29, 0.717) is 35.2 Å². The van der Waals surface area contributed by atoms with Crippen LogP contribution < -0.4 is 19.1 Å². The molecule has 1 N–H and O–H groups in total. The largest absolute Gasteiger partial charge is 0.493 e. The molecule has 1 fully saturated rings. The Morgan fingerprint density at radius 3 is 2.40 bits per heavy atom. The zero-order valence-electron chi connectivity index (χ0n) is 16.8. The summed E-state index contributed by atoms with van der Waals surface area (Å²) < 4.78 is 21.9. The molecule has 1 aliphatic carbocycles. The lowest BCUT2D eigenvalue weighted by molar-refractivity contribution is -0.194. The fourth-order valence-electron chi connectivity index (χ4n) is 4.85. The van der Waals surface area contributed by atoms with Gasteiger partial charge < -0.3 is 28.9 Å². The summed E-state index contributed by atoms with van der Waals surface area (Å²) in [5.41, 5.74) is 3.22. The number of ether oxygens (including phenoxy) is 4. The minimum Gasteiger partial charge on any atom is -0.493 e. The second kappa shape index (κ2) is 7.07. The van der Waals surface area contributed by atoms with Gasteiger partial charge in [-0.25, -0.2) is 0 Å². The molecule has 4 atom stereocenters. The van der Waals surface area contributed by atoms with Crippen molar-refractivity contribution in [2.24, 2.45) is 11.8 Å². The van der Waals surface area contributed by atoms with Crippen molar-refractivity contribution in [1.29, 1.82) is 0 Å². The van der Waals surface area contributed by atoms with Gasteiger partial charge in [0.15, 0.2) is 17.2 Å². The van der Waals surface area contributed by atoms with Crippen LogP contribution in [-0.4, -0.2) is 39.0 Å². The van der Waals surface area contributed by atoms with Crippen LogP contribution in [0, 0.1) is 11.8 Å². The molecule has 3 aliphatic rings. The highest BCUT2D eigenvalue weighted by Crippen LogP contribution is 2.54. The fourth-order valence-corrected chi connectivity index (χ4v) is 4.85. The van der Waals surface area contributed by atoms with Gasteiger partial charge in [-0.05, 0) is 41.0 Å². The van der Waals surface area contributed by atoms with Gasteiger partial charge in [0.1, 0.15) is 6.61 Å². The van der Waals surface area contributed by atoms with Crippen LogP contribution >= 0.6 is 0 Å². The molecule has 1 saturated heterocycles. The minimum absolute atomic E-state index is 0.166. The summed E-state index contributed by atoms with van der Waals surface area (Å²) in [5, 5.41) is 11.0. The van der Waals surface area contributed by atoms with Gasteiger partial charge in [-0.3, -0.25) is 4.79 Å². The summed E-state index contributed by atoms with van der Waals surface area (Å²) in [6, 6.07) is 7.43. The zero-order chi connectivity index (χ0) is 21.0. The van der Waals surface area contributed by atoms with Crippen LogP contribution in [0.3, 0.4) is 0 Å². The zero-order valence-corrected chi connectivity index (χ0v) is 16.8. The molecule has 0 bridgehead atoms. The number of esters is 1. The first kappa shape index (κ1) is 19.0. The van der Waals surface area contributed by atoms with E-state index in [4.69, 9.17) is 28.7 Å². The highest BCUT2D eigenvalue weighted by molar-refractivity contribution is 5.78. The van der Waals surface area contributed by atoms with Crippen molar-refractivity contribution < 1.29 is 38.6 Å². The summed E-state index contributed by atoms with van der Waals surface area (Å²) in [7, 11) is 4.64. The summed E-state index contributed by atoms with van der Waals surface area (Å²) >= 11 is 0. The molecule has 0 radical (unpaired) electrons. The number of fused-ring (bicyclic) bond motifs is 3. The van der Waals surface area contributed by atoms with Crippen molar-refractivity contribution in [3.63, 3.8) is 0 Å². The SMILES string of the molecule is COc1cc([C@@H]2c3cc4c(cc3[C@H](O)[C@H]3COC(=O)[C@H]23)OOC4)cc(OC)c1OC.